The van der Waals surface area contributed by atoms with Gasteiger partial charge >= 0.3 is 6.09 Å². The fourth-order valence-electron chi connectivity index (χ4n) is 6.72. The van der Waals surface area contributed by atoms with Crippen LogP contribution in [0.2, 0.25) is 0 Å². The molecule has 0 radical (unpaired) electrons. The van der Waals surface area contributed by atoms with Crippen LogP contribution in [0.15, 0.2) is 47.6 Å². The van der Waals surface area contributed by atoms with E-state index >= 15 is 0 Å². The lowest BCUT2D eigenvalue weighted by atomic mass is 9.72. The number of ether oxygens (including phenoxy) is 4. The number of phenols is 2. The van der Waals surface area contributed by atoms with Crippen LogP contribution < -0.4 is 10.1 Å². The molecule has 2 heterocycles. The summed E-state index contributed by atoms with van der Waals surface area (Å²) in [5, 5.41) is 58.7. The summed E-state index contributed by atoms with van der Waals surface area (Å²) in [5.74, 6) is -3.59. The zero-order chi connectivity index (χ0) is 37.3. The molecule has 52 heavy (non-hydrogen) atoms. The van der Waals surface area contributed by atoms with Crippen molar-refractivity contribution in [3.05, 3.63) is 76.0 Å². The van der Waals surface area contributed by atoms with Crippen LogP contribution in [0.3, 0.4) is 0 Å². The number of Topliss-reactive ketones (excluding diaryl/α,β-unsaturated/α-hetero) is 1. The first-order valence-electron chi connectivity index (χ1n) is 16.2. The molecular weight excluding hydrogens is 721 g/mol. The van der Waals surface area contributed by atoms with Gasteiger partial charge in [-0.15, -0.1) is 0 Å². The highest BCUT2D eigenvalue weighted by atomic mass is 33.1. The number of alkyl carbamates (subject to hydrolysis) is 1. The number of nitrogens with one attached hydrogen (secondary N) is 1. The largest absolute Gasteiger partial charge is 0.507 e. The summed E-state index contributed by atoms with van der Waals surface area (Å²) in [6, 6.07) is 8.88. The number of carbonyl (C=O) groups is 4. The van der Waals surface area contributed by atoms with Crippen LogP contribution in [0.5, 0.6) is 17.2 Å². The Morgan fingerprint density at radius 1 is 1.08 bits per heavy atom. The van der Waals surface area contributed by atoms with E-state index < -0.39 is 102 Å². The molecule has 2 aromatic carbocycles. The van der Waals surface area contributed by atoms with Crippen LogP contribution in [-0.2, 0) is 25.4 Å². The molecule has 3 aliphatic rings. The van der Waals surface area contributed by atoms with Crippen molar-refractivity contribution in [1.29, 1.82) is 0 Å². The van der Waals surface area contributed by atoms with Crippen LogP contribution in [0.25, 0.3) is 0 Å². The normalized spacial score (nSPS) is 25.1. The SMILES string of the molecule is COc1cccc2c1C(=O)c1c(O)c3c(c(O)c1C2=O)CC(O)(C(=O)CO)CC3OC1CC(NC(=O)OCCSSc2ccccn2)C(O)C(C)O1. The van der Waals surface area contributed by atoms with Gasteiger partial charge in [-0.05, 0) is 35.9 Å². The molecule has 1 fully saturated rings. The van der Waals surface area contributed by atoms with Gasteiger partial charge < -0.3 is 49.8 Å². The van der Waals surface area contributed by atoms with Crippen molar-refractivity contribution < 1.29 is 63.7 Å². The lowest BCUT2D eigenvalue weighted by Gasteiger charge is -2.42. The van der Waals surface area contributed by atoms with E-state index in [1.165, 1.54) is 53.8 Å². The molecule has 1 aromatic heterocycles. The minimum Gasteiger partial charge on any atom is -0.507 e. The van der Waals surface area contributed by atoms with Crippen molar-refractivity contribution in [2.75, 3.05) is 26.1 Å². The number of methoxy groups -OCH3 is 1. The Kier molecular flexibility index (Phi) is 11.1. The van der Waals surface area contributed by atoms with Gasteiger partial charge in [-0.25, -0.2) is 9.78 Å². The van der Waals surface area contributed by atoms with Crippen LogP contribution in [-0.4, -0.2) is 110 Å². The van der Waals surface area contributed by atoms with E-state index in [1.54, 1.807) is 12.3 Å². The number of rotatable bonds is 11. The van der Waals surface area contributed by atoms with Crippen LogP contribution in [0.1, 0.15) is 68.8 Å². The smallest absolute Gasteiger partial charge is 0.407 e. The Labute approximate surface area is 305 Å². The second-order valence-corrected chi connectivity index (χ2v) is 14.9. The van der Waals surface area contributed by atoms with Crippen LogP contribution in [0.4, 0.5) is 4.79 Å². The van der Waals surface area contributed by atoms with Crippen molar-refractivity contribution in [2.45, 2.75) is 67.5 Å². The van der Waals surface area contributed by atoms with Gasteiger partial charge in [0.1, 0.15) is 47.2 Å². The third kappa shape index (κ3) is 7.09. The zero-order valence-electron chi connectivity index (χ0n) is 27.9. The number of hydrogen-bond acceptors (Lipinski definition) is 16. The minimum absolute atomic E-state index is 0.0616. The molecule has 15 nitrogen and oxygen atoms in total. The Hall–Kier alpha value is -4.23. The molecule has 6 unspecified atom stereocenters. The lowest BCUT2D eigenvalue weighted by Crippen LogP contribution is -2.56. The maximum Gasteiger partial charge on any atom is 0.407 e. The van der Waals surface area contributed by atoms with E-state index in [-0.39, 0.29) is 41.0 Å². The van der Waals surface area contributed by atoms with Crippen molar-refractivity contribution in [2.24, 2.45) is 0 Å². The molecule has 1 saturated heterocycles. The number of fused-ring (bicyclic) bond motifs is 3. The summed E-state index contributed by atoms with van der Waals surface area (Å²) in [4.78, 5) is 57.3. The highest BCUT2D eigenvalue weighted by Crippen LogP contribution is 2.52. The number of pyridine rings is 1. The van der Waals surface area contributed by atoms with Crippen molar-refractivity contribution in [3.63, 3.8) is 0 Å². The van der Waals surface area contributed by atoms with Crippen molar-refractivity contribution in [3.8, 4) is 17.2 Å². The predicted molar refractivity (Wildman–Crippen MR) is 185 cm³/mol. The molecule has 2 aliphatic carbocycles. The molecule has 1 amide bonds. The van der Waals surface area contributed by atoms with Gasteiger partial charge in [-0.2, -0.15) is 0 Å². The molecule has 0 spiro atoms. The number of aliphatic hydroxyl groups is 3. The lowest BCUT2D eigenvalue weighted by molar-refractivity contribution is -0.249. The number of aromatic nitrogens is 1. The molecule has 0 saturated carbocycles. The predicted octanol–water partition coefficient (Wildman–Crippen LogP) is 2.60. The highest BCUT2D eigenvalue weighted by Gasteiger charge is 2.50. The number of amides is 1. The average molecular weight is 757 g/mol. The van der Waals surface area contributed by atoms with E-state index in [0.29, 0.717) is 5.75 Å². The van der Waals surface area contributed by atoms with Gasteiger partial charge in [0.2, 0.25) is 5.78 Å². The van der Waals surface area contributed by atoms with Crippen LogP contribution >= 0.6 is 21.6 Å². The average Bonchev–Trinajstić information content (AvgIpc) is 3.13. The maximum absolute atomic E-state index is 13.9. The van der Waals surface area contributed by atoms with Gasteiger partial charge in [-0.3, -0.25) is 14.4 Å². The molecule has 6 atom stereocenters. The van der Waals surface area contributed by atoms with Crippen LogP contribution in [0, 0.1) is 0 Å². The Morgan fingerprint density at radius 2 is 1.85 bits per heavy atom. The van der Waals surface area contributed by atoms with E-state index in [1.807, 2.05) is 12.1 Å². The standard InChI is InChI=1S/C35H36N2O13S2/c1-16-29(40)19(37-34(45)48-10-11-51-52-23-8-3-4-9-36-23)12-24(49-16)50-21-14-35(46,22(39)15-38)13-18-26(21)33(44)28-27(31(18)42)30(41)17-6-5-7-20(47-2)25(17)32(28)43/h3-9,16,19,21,24,29,38,40,42,44,46H,10-15H2,1-2H3,(H,37,45). The summed E-state index contributed by atoms with van der Waals surface area (Å²) in [6.07, 6.45) is -5.30. The molecule has 6 rings (SSSR count). The molecular formula is C35H36N2O13S2. The molecule has 3 aromatic rings. The quantitative estimate of drug-likeness (QED) is 0.0734. The number of aromatic hydroxyl groups is 2. The Bertz CT molecular complexity index is 1890. The first-order valence-corrected chi connectivity index (χ1v) is 18.6. The Balaban J connectivity index is 1.25. The maximum atomic E-state index is 13.9. The second-order valence-electron chi connectivity index (χ2n) is 12.5. The Morgan fingerprint density at radius 3 is 2.56 bits per heavy atom. The number of nitrogens with zero attached hydrogens (tertiary/aromatic N) is 1. The van der Waals surface area contributed by atoms with Gasteiger partial charge in [0.25, 0.3) is 0 Å². The van der Waals surface area contributed by atoms with Crippen molar-refractivity contribution in [1.82, 2.24) is 10.3 Å². The van der Waals surface area contributed by atoms with E-state index in [2.05, 4.69) is 10.3 Å². The third-order valence-electron chi connectivity index (χ3n) is 9.25. The van der Waals surface area contributed by atoms with E-state index in [0.717, 1.165) is 5.03 Å². The molecule has 17 heteroatoms. The molecule has 1 aliphatic heterocycles. The summed E-state index contributed by atoms with van der Waals surface area (Å²) in [6.45, 7) is 0.519. The van der Waals surface area contributed by atoms with Crippen molar-refractivity contribution >= 4 is 45.0 Å². The number of hydrogen-bond donors (Lipinski definition) is 6. The first-order chi connectivity index (χ1) is 24.9. The topological polar surface area (TPSA) is 231 Å². The molecule has 6 N–H and O–H groups in total. The molecule has 276 valence electrons. The summed E-state index contributed by atoms with van der Waals surface area (Å²) in [7, 11) is 4.17. The first kappa shape index (κ1) is 37.5. The summed E-state index contributed by atoms with van der Waals surface area (Å²) >= 11 is 0. The second kappa shape index (κ2) is 15.4. The highest BCUT2D eigenvalue weighted by molar-refractivity contribution is 8.76. The van der Waals surface area contributed by atoms with Gasteiger partial charge in [0, 0.05) is 47.9 Å². The minimum atomic E-state index is -2.33. The number of ketones is 3. The zero-order valence-corrected chi connectivity index (χ0v) is 29.6. The number of aliphatic hydroxyl groups excluding tert-OH is 2. The third-order valence-corrected chi connectivity index (χ3v) is 11.5. The number of carbonyl (C=O) groups excluding carboxylic acids is 4. The fraction of sp³-hybridized carbons (Fsp3) is 0.400. The van der Waals surface area contributed by atoms with Gasteiger partial charge in [0.15, 0.2) is 17.9 Å². The molecule has 0 bridgehead atoms. The van der Waals surface area contributed by atoms with E-state index in [9.17, 15) is 44.7 Å². The van der Waals surface area contributed by atoms with Gasteiger partial charge in [-0.1, -0.05) is 29.0 Å². The monoisotopic (exact) mass is 756 g/mol. The van der Waals surface area contributed by atoms with E-state index in [4.69, 9.17) is 18.9 Å². The summed E-state index contributed by atoms with van der Waals surface area (Å²) < 4.78 is 22.7. The van der Waals surface area contributed by atoms with Gasteiger partial charge in [0.05, 0.1) is 42.0 Å². The number of phenolic OH excluding ortho intramolecular Hbond substituents is 2. The number of benzene rings is 2. The fourth-order valence-corrected chi connectivity index (χ4v) is 8.42. The summed E-state index contributed by atoms with van der Waals surface area (Å²) in [5.41, 5.74) is -4.01.